The van der Waals surface area contributed by atoms with Gasteiger partial charge in [-0.15, -0.1) is 0 Å². The molecule has 1 unspecified atom stereocenters. The van der Waals surface area contributed by atoms with E-state index < -0.39 is 5.60 Å². The van der Waals surface area contributed by atoms with E-state index in [9.17, 15) is 4.79 Å². The zero-order chi connectivity index (χ0) is 15.5. The van der Waals surface area contributed by atoms with Gasteiger partial charge in [-0.2, -0.15) is 0 Å². The van der Waals surface area contributed by atoms with E-state index in [-0.39, 0.29) is 12.2 Å². The highest BCUT2D eigenvalue weighted by molar-refractivity contribution is 5.68. The smallest absolute Gasteiger partial charge is 0.410 e. The lowest BCUT2D eigenvalue weighted by atomic mass is 10.1. The number of nitrogens with zero attached hydrogens (tertiary/aromatic N) is 1. The van der Waals surface area contributed by atoms with Crippen LogP contribution in [-0.4, -0.2) is 35.8 Å². The summed E-state index contributed by atoms with van der Waals surface area (Å²) in [5.41, 5.74) is 5.94. The monoisotopic (exact) mass is 292 g/mol. The normalized spacial score (nSPS) is 19.2. The van der Waals surface area contributed by atoms with Gasteiger partial charge in [0.1, 0.15) is 17.5 Å². The van der Waals surface area contributed by atoms with Crippen molar-refractivity contribution in [2.75, 3.05) is 18.8 Å². The number of nitrogens with two attached hydrogens (primary N) is 1. The summed E-state index contributed by atoms with van der Waals surface area (Å²) in [5.74, 6) is 0.742. The van der Waals surface area contributed by atoms with Gasteiger partial charge < -0.3 is 20.1 Å². The maximum atomic E-state index is 12.1. The second-order valence-corrected chi connectivity index (χ2v) is 6.38. The van der Waals surface area contributed by atoms with Crippen LogP contribution in [-0.2, 0) is 4.74 Å². The van der Waals surface area contributed by atoms with Crippen molar-refractivity contribution < 1.29 is 14.3 Å². The summed E-state index contributed by atoms with van der Waals surface area (Å²) >= 11 is 0. The highest BCUT2D eigenvalue weighted by atomic mass is 16.6. The molecule has 5 heteroatoms. The minimum atomic E-state index is -0.473. The number of amides is 1. The minimum absolute atomic E-state index is 0.0203. The second-order valence-electron chi connectivity index (χ2n) is 6.38. The number of hydrogen-bond donors (Lipinski definition) is 1. The Balaban J connectivity index is 1.93. The van der Waals surface area contributed by atoms with Crippen LogP contribution < -0.4 is 10.5 Å². The summed E-state index contributed by atoms with van der Waals surface area (Å²) in [4.78, 5) is 13.8. The van der Waals surface area contributed by atoms with Crippen LogP contribution in [0.2, 0.25) is 0 Å². The molecule has 0 aromatic heterocycles. The lowest BCUT2D eigenvalue weighted by Crippen LogP contribution is -2.46. The first-order chi connectivity index (χ1) is 9.83. The summed E-state index contributed by atoms with van der Waals surface area (Å²) in [7, 11) is 0. The summed E-state index contributed by atoms with van der Waals surface area (Å²) in [6.45, 7) is 6.87. The molecule has 1 saturated heterocycles. The number of likely N-dealkylation sites (tertiary alicyclic amines) is 1. The first-order valence-corrected chi connectivity index (χ1v) is 7.33. The molecule has 1 aromatic carbocycles. The van der Waals surface area contributed by atoms with E-state index in [4.69, 9.17) is 15.2 Å². The van der Waals surface area contributed by atoms with Crippen molar-refractivity contribution in [3.8, 4) is 5.75 Å². The van der Waals surface area contributed by atoms with Crippen LogP contribution in [0.4, 0.5) is 10.5 Å². The summed E-state index contributed by atoms with van der Waals surface area (Å²) < 4.78 is 11.3. The van der Waals surface area contributed by atoms with Gasteiger partial charge in [0.05, 0.1) is 6.54 Å². The molecule has 116 valence electrons. The summed E-state index contributed by atoms with van der Waals surface area (Å²) in [6.07, 6.45) is 1.54. The molecule has 0 radical (unpaired) electrons. The molecule has 1 aliphatic rings. The molecule has 1 heterocycles. The zero-order valence-electron chi connectivity index (χ0n) is 13.0. The number of rotatable bonds is 2. The van der Waals surface area contributed by atoms with Gasteiger partial charge in [0.15, 0.2) is 0 Å². The third kappa shape index (κ3) is 4.85. The molecule has 0 aliphatic carbocycles. The Kier molecular flexibility index (Phi) is 4.60. The predicted molar refractivity (Wildman–Crippen MR) is 82.3 cm³/mol. The Morgan fingerprint density at radius 2 is 2.14 bits per heavy atom. The predicted octanol–water partition coefficient (Wildman–Crippen LogP) is 3.05. The highest BCUT2D eigenvalue weighted by Gasteiger charge is 2.28. The van der Waals surface area contributed by atoms with Crippen molar-refractivity contribution in [1.82, 2.24) is 4.90 Å². The van der Waals surface area contributed by atoms with E-state index in [1.54, 1.807) is 11.0 Å². The van der Waals surface area contributed by atoms with Crippen LogP contribution >= 0.6 is 0 Å². The summed E-state index contributed by atoms with van der Waals surface area (Å²) in [5, 5.41) is 0. The molecule has 0 spiro atoms. The van der Waals surface area contributed by atoms with Gasteiger partial charge in [0.25, 0.3) is 0 Å². The van der Waals surface area contributed by atoms with E-state index >= 15 is 0 Å². The highest BCUT2D eigenvalue weighted by Crippen LogP contribution is 2.21. The molecule has 1 fully saturated rings. The van der Waals surface area contributed by atoms with Crippen molar-refractivity contribution in [3.63, 3.8) is 0 Å². The van der Waals surface area contributed by atoms with Gasteiger partial charge in [0.2, 0.25) is 0 Å². The molecular formula is C16H24N2O3. The maximum Gasteiger partial charge on any atom is 0.410 e. The van der Waals surface area contributed by atoms with E-state index in [0.29, 0.717) is 18.8 Å². The molecule has 5 nitrogen and oxygen atoms in total. The van der Waals surface area contributed by atoms with Crippen LogP contribution in [0.3, 0.4) is 0 Å². The Bertz CT molecular complexity index is 497. The number of ether oxygens (including phenoxy) is 2. The van der Waals surface area contributed by atoms with Gasteiger partial charge >= 0.3 is 6.09 Å². The number of hydrogen-bond acceptors (Lipinski definition) is 4. The Hall–Kier alpha value is -1.91. The number of carbonyl (C=O) groups excluding carboxylic acids is 1. The molecule has 1 amide bonds. The second kappa shape index (κ2) is 6.24. The Labute approximate surface area is 126 Å². The standard InChI is InChI=1S/C16H24N2O3/c1-16(2,3)21-15(19)18-9-5-8-14(11-18)20-13-7-4-6-12(17)10-13/h4,6-7,10,14H,5,8-9,11,17H2,1-3H3. The van der Waals surface area contributed by atoms with E-state index in [1.807, 2.05) is 39.0 Å². The lowest BCUT2D eigenvalue weighted by Gasteiger charge is -2.34. The molecule has 21 heavy (non-hydrogen) atoms. The maximum absolute atomic E-state index is 12.1. The largest absolute Gasteiger partial charge is 0.489 e. The van der Waals surface area contributed by atoms with E-state index in [0.717, 1.165) is 18.6 Å². The van der Waals surface area contributed by atoms with Gasteiger partial charge in [-0.25, -0.2) is 4.79 Å². The molecule has 1 atom stereocenters. The fourth-order valence-corrected chi connectivity index (χ4v) is 2.31. The van der Waals surface area contributed by atoms with Gasteiger partial charge in [-0.1, -0.05) is 6.07 Å². The van der Waals surface area contributed by atoms with Gasteiger partial charge in [-0.3, -0.25) is 0 Å². The molecule has 1 aromatic rings. The Morgan fingerprint density at radius 3 is 2.81 bits per heavy atom. The van der Waals surface area contributed by atoms with Crippen LogP contribution in [0, 0.1) is 0 Å². The number of nitrogen functional groups attached to an aromatic ring is 1. The third-order valence-corrected chi connectivity index (χ3v) is 3.19. The topological polar surface area (TPSA) is 64.8 Å². The van der Waals surface area contributed by atoms with Crippen LogP contribution in [0.25, 0.3) is 0 Å². The summed E-state index contributed by atoms with van der Waals surface area (Å²) in [6, 6.07) is 7.36. The first kappa shape index (κ1) is 15.5. The molecule has 2 rings (SSSR count). The zero-order valence-corrected chi connectivity index (χ0v) is 13.0. The third-order valence-electron chi connectivity index (χ3n) is 3.19. The minimum Gasteiger partial charge on any atom is -0.489 e. The average molecular weight is 292 g/mol. The fraction of sp³-hybridized carbons (Fsp3) is 0.562. The van der Waals surface area contributed by atoms with E-state index in [1.165, 1.54) is 0 Å². The van der Waals surface area contributed by atoms with E-state index in [2.05, 4.69) is 0 Å². The number of piperidine rings is 1. The molecule has 1 aliphatic heterocycles. The first-order valence-electron chi connectivity index (χ1n) is 7.33. The molecule has 0 bridgehead atoms. The quantitative estimate of drug-likeness (QED) is 0.851. The van der Waals surface area contributed by atoms with Gasteiger partial charge in [-0.05, 0) is 45.7 Å². The van der Waals surface area contributed by atoms with Crippen molar-refractivity contribution in [3.05, 3.63) is 24.3 Å². The number of carbonyl (C=O) groups is 1. The van der Waals surface area contributed by atoms with Crippen LogP contribution in [0.5, 0.6) is 5.75 Å². The van der Waals surface area contributed by atoms with Crippen molar-refractivity contribution >= 4 is 11.8 Å². The van der Waals surface area contributed by atoms with Crippen LogP contribution in [0.1, 0.15) is 33.6 Å². The number of anilines is 1. The number of benzene rings is 1. The molecule has 2 N–H and O–H groups in total. The van der Waals surface area contributed by atoms with Gasteiger partial charge in [0, 0.05) is 18.3 Å². The Morgan fingerprint density at radius 1 is 1.38 bits per heavy atom. The molecular weight excluding hydrogens is 268 g/mol. The van der Waals surface area contributed by atoms with Crippen molar-refractivity contribution in [1.29, 1.82) is 0 Å². The SMILES string of the molecule is CC(C)(C)OC(=O)N1CCCC(Oc2cccc(N)c2)C1. The lowest BCUT2D eigenvalue weighted by molar-refractivity contribution is 0.00776. The van der Waals surface area contributed by atoms with Crippen molar-refractivity contribution in [2.45, 2.75) is 45.3 Å². The molecule has 0 saturated carbocycles. The van der Waals surface area contributed by atoms with Crippen LogP contribution in [0.15, 0.2) is 24.3 Å². The fourth-order valence-electron chi connectivity index (χ4n) is 2.31. The van der Waals surface area contributed by atoms with Crippen molar-refractivity contribution in [2.24, 2.45) is 0 Å². The average Bonchev–Trinajstić information content (AvgIpc) is 2.37.